The van der Waals surface area contributed by atoms with Gasteiger partial charge in [0.05, 0.1) is 12.3 Å². The maximum absolute atomic E-state index is 11.3. The van der Waals surface area contributed by atoms with E-state index < -0.39 is 0 Å². The van der Waals surface area contributed by atoms with Gasteiger partial charge in [-0.15, -0.1) is 11.8 Å². The molecule has 0 aromatic carbocycles. The molecule has 0 spiro atoms. The Hall–Kier alpha value is -1.00. The van der Waals surface area contributed by atoms with Crippen LogP contribution in [0.3, 0.4) is 0 Å². The molecule has 0 fully saturated rings. The fraction of sp³-hybridized carbons (Fsp3) is 0.200. The minimum absolute atomic E-state index is 0.0568. The van der Waals surface area contributed by atoms with Gasteiger partial charge < -0.3 is 5.32 Å². The highest BCUT2D eigenvalue weighted by atomic mass is 35.5. The van der Waals surface area contributed by atoms with Crippen molar-refractivity contribution in [3.05, 3.63) is 36.1 Å². The number of pyridine rings is 1. The minimum Gasteiger partial charge on any atom is -0.350 e. The van der Waals surface area contributed by atoms with Crippen molar-refractivity contribution in [3.63, 3.8) is 0 Å². The molecule has 1 rings (SSSR count). The van der Waals surface area contributed by atoms with Crippen LogP contribution in [0.2, 0.25) is 0 Å². The van der Waals surface area contributed by atoms with Crippen molar-refractivity contribution in [2.24, 2.45) is 0 Å². The highest BCUT2D eigenvalue weighted by Gasteiger charge is 2.01. The Morgan fingerprint density at radius 3 is 2.80 bits per heavy atom. The molecule has 3 nitrogen and oxygen atoms in total. The molecule has 0 bridgehead atoms. The summed E-state index contributed by atoms with van der Waals surface area (Å²) in [5.74, 6) is 0.312. The molecule has 80 valence electrons. The predicted octanol–water partition coefficient (Wildman–Crippen LogP) is 2.04. The monoisotopic (exact) mass is 242 g/mol. The third-order valence-electron chi connectivity index (χ3n) is 1.50. The van der Waals surface area contributed by atoms with Gasteiger partial charge in [0.1, 0.15) is 0 Å². The van der Waals surface area contributed by atoms with Crippen molar-refractivity contribution >= 4 is 29.3 Å². The highest BCUT2D eigenvalue weighted by molar-refractivity contribution is 8.00. The third-order valence-corrected chi connectivity index (χ3v) is 2.64. The van der Waals surface area contributed by atoms with E-state index in [2.05, 4.69) is 16.9 Å². The Morgan fingerprint density at radius 2 is 2.20 bits per heavy atom. The number of hydrogen-bond acceptors (Lipinski definition) is 3. The van der Waals surface area contributed by atoms with Crippen LogP contribution in [0.5, 0.6) is 0 Å². The van der Waals surface area contributed by atoms with Gasteiger partial charge in [-0.3, -0.25) is 9.78 Å². The number of thioether (sulfide) groups is 1. The molecule has 0 radical (unpaired) electrons. The highest BCUT2D eigenvalue weighted by Crippen LogP contribution is 2.15. The van der Waals surface area contributed by atoms with E-state index in [9.17, 15) is 4.79 Å². The molecule has 0 aliphatic carbocycles. The molecule has 0 aliphatic rings. The van der Waals surface area contributed by atoms with Crippen LogP contribution in [-0.4, -0.2) is 23.2 Å². The van der Waals surface area contributed by atoms with Crippen LogP contribution in [0.25, 0.3) is 0 Å². The molecular weight excluding hydrogens is 232 g/mol. The Bertz CT molecular complexity index is 343. The molecule has 1 aromatic rings. The molecule has 1 amide bonds. The Morgan fingerprint density at radius 1 is 1.53 bits per heavy atom. The smallest absolute Gasteiger partial charge is 0.230 e. The molecule has 1 N–H and O–H groups in total. The van der Waals surface area contributed by atoms with Crippen LogP contribution >= 0.6 is 23.4 Å². The summed E-state index contributed by atoms with van der Waals surface area (Å²) in [6, 6.07) is 3.72. The lowest BCUT2D eigenvalue weighted by Crippen LogP contribution is -2.26. The van der Waals surface area contributed by atoms with Gasteiger partial charge in [0, 0.05) is 22.3 Å². The van der Waals surface area contributed by atoms with Gasteiger partial charge in [0.2, 0.25) is 5.91 Å². The van der Waals surface area contributed by atoms with Crippen LogP contribution in [0.4, 0.5) is 0 Å². The lowest BCUT2D eigenvalue weighted by atomic mass is 10.5. The quantitative estimate of drug-likeness (QED) is 0.804. The van der Waals surface area contributed by atoms with E-state index in [-0.39, 0.29) is 5.91 Å². The summed E-state index contributed by atoms with van der Waals surface area (Å²) in [6.07, 6.45) is 3.39. The van der Waals surface area contributed by atoms with Crippen LogP contribution in [0.1, 0.15) is 0 Å². The van der Waals surface area contributed by atoms with Crippen molar-refractivity contribution in [1.82, 2.24) is 10.3 Å². The van der Waals surface area contributed by atoms with Crippen LogP contribution in [0.15, 0.2) is 41.0 Å². The molecule has 0 unspecified atom stereocenters. The van der Waals surface area contributed by atoms with Gasteiger partial charge in [0.25, 0.3) is 0 Å². The predicted molar refractivity (Wildman–Crippen MR) is 63.0 cm³/mol. The first kappa shape index (κ1) is 12.1. The van der Waals surface area contributed by atoms with Crippen molar-refractivity contribution < 1.29 is 4.79 Å². The Labute approximate surface area is 97.9 Å². The molecule has 15 heavy (non-hydrogen) atoms. The Balaban J connectivity index is 2.26. The third kappa shape index (κ3) is 5.44. The van der Waals surface area contributed by atoms with Crippen molar-refractivity contribution in [2.45, 2.75) is 4.90 Å². The molecule has 0 aliphatic heterocycles. The summed E-state index contributed by atoms with van der Waals surface area (Å²) in [5.41, 5.74) is 0. The number of halogens is 1. The van der Waals surface area contributed by atoms with E-state index in [0.717, 1.165) is 4.90 Å². The van der Waals surface area contributed by atoms with Crippen LogP contribution in [-0.2, 0) is 4.79 Å². The van der Waals surface area contributed by atoms with Gasteiger partial charge in [-0.2, -0.15) is 0 Å². The van der Waals surface area contributed by atoms with E-state index in [1.807, 2.05) is 12.1 Å². The zero-order valence-electron chi connectivity index (χ0n) is 8.07. The van der Waals surface area contributed by atoms with E-state index in [1.54, 1.807) is 12.4 Å². The van der Waals surface area contributed by atoms with E-state index in [0.29, 0.717) is 17.3 Å². The molecular formula is C10H11ClN2OS. The van der Waals surface area contributed by atoms with Gasteiger partial charge >= 0.3 is 0 Å². The number of aromatic nitrogens is 1. The minimum atomic E-state index is -0.0568. The molecule has 0 saturated heterocycles. The summed E-state index contributed by atoms with van der Waals surface area (Å²) in [4.78, 5) is 16.2. The average molecular weight is 243 g/mol. The van der Waals surface area contributed by atoms with Gasteiger partial charge in [-0.1, -0.05) is 18.2 Å². The maximum Gasteiger partial charge on any atom is 0.230 e. The van der Waals surface area contributed by atoms with E-state index >= 15 is 0 Å². The second kappa shape index (κ2) is 6.48. The zero-order chi connectivity index (χ0) is 11.1. The number of amides is 1. The number of nitrogens with zero attached hydrogens (tertiary/aromatic N) is 1. The zero-order valence-corrected chi connectivity index (χ0v) is 9.64. The fourth-order valence-corrected chi connectivity index (χ4v) is 1.61. The number of carbonyl (C=O) groups is 1. The summed E-state index contributed by atoms with van der Waals surface area (Å²) in [5, 5.41) is 3.07. The second-order valence-corrected chi connectivity index (χ2v) is 4.35. The first-order valence-corrected chi connectivity index (χ1v) is 5.67. The summed E-state index contributed by atoms with van der Waals surface area (Å²) >= 11 is 6.97. The number of nitrogens with one attached hydrogen (secondary N) is 1. The fourth-order valence-electron chi connectivity index (χ4n) is 0.829. The molecule has 5 heteroatoms. The summed E-state index contributed by atoms with van der Waals surface area (Å²) in [7, 11) is 0. The topological polar surface area (TPSA) is 42.0 Å². The van der Waals surface area contributed by atoms with Crippen LogP contribution in [0, 0.1) is 0 Å². The van der Waals surface area contributed by atoms with Gasteiger partial charge in [0.15, 0.2) is 0 Å². The number of carbonyl (C=O) groups excluding carboxylic acids is 1. The number of rotatable bonds is 5. The van der Waals surface area contributed by atoms with E-state index in [4.69, 9.17) is 11.6 Å². The normalized spacial score (nSPS) is 9.67. The Kier molecular flexibility index (Phi) is 5.21. The maximum atomic E-state index is 11.3. The van der Waals surface area contributed by atoms with Crippen molar-refractivity contribution in [2.75, 3.05) is 12.3 Å². The lowest BCUT2D eigenvalue weighted by molar-refractivity contribution is -0.118. The largest absolute Gasteiger partial charge is 0.350 e. The molecule has 0 atom stereocenters. The second-order valence-electron chi connectivity index (χ2n) is 2.77. The average Bonchev–Trinajstić information content (AvgIpc) is 2.25. The van der Waals surface area contributed by atoms with Crippen LogP contribution < -0.4 is 5.32 Å². The summed E-state index contributed by atoms with van der Waals surface area (Å²) < 4.78 is 0. The van der Waals surface area contributed by atoms with Crippen molar-refractivity contribution in [1.29, 1.82) is 0 Å². The first-order valence-electron chi connectivity index (χ1n) is 4.31. The van der Waals surface area contributed by atoms with E-state index in [1.165, 1.54) is 11.8 Å². The summed E-state index contributed by atoms with van der Waals surface area (Å²) in [6.45, 7) is 3.80. The SMILES string of the molecule is C=C(Cl)CNC(=O)CSc1ccncc1. The lowest BCUT2D eigenvalue weighted by Gasteiger charge is -2.03. The van der Waals surface area contributed by atoms with Gasteiger partial charge in [-0.05, 0) is 12.1 Å². The van der Waals surface area contributed by atoms with Gasteiger partial charge in [-0.25, -0.2) is 0 Å². The number of hydrogen-bond donors (Lipinski definition) is 1. The van der Waals surface area contributed by atoms with Crippen molar-refractivity contribution in [3.8, 4) is 0 Å². The molecule has 1 heterocycles. The first-order chi connectivity index (χ1) is 7.18. The molecule has 0 saturated carbocycles. The standard InChI is InChI=1S/C10H11ClN2OS/c1-8(11)6-13-10(14)7-15-9-2-4-12-5-3-9/h2-5H,1,6-7H2,(H,13,14). The molecule has 1 aromatic heterocycles.